The Morgan fingerprint density at radius 2 is 2.03 bits per heavy atom. The SMILES string of the molecule is COc1cc2c(cc1C(N)=O)[C@H](Nc1nccc(C)n1)[C@@H](C)[C@H](C1CC1)N2C(C)=O. The van der Waals surface area contributed by atoms with Crippen LogP contribution in [0, 0.1) is 18.8 Å². The number of methoxy groups -OCH3 is 1. The Bertz CT molecular complexity index is 1000. The van der Waals surface area contributed by atoms with E-state index in [0.29, 0.717) is 17.6 Å². The molecule has 1 aromatic heterocycles. The smallest absolute Gasteiger partial charge is 0.252 e. The number of hydrogen-bond donors (Lipinski definition) is 2. The van der Waals surface area contributed by atoms with Crippen molar-refractivity contribution in [2.24, 2.45) is 17.6 Å². The largest absolute Gasteiger partial charge is 0.496 e. The van der Waals surface area contributed by atoms with Crippen molar-refractivity contribution in [1.29, 1.82) is 0 Å². The van der Waals surface area contributed by atoms with Crippen molar-refractivity contribution in [2.75, 3.05) is 17.3 Å². The third kappa shape index (κ3) is 3.46. The summed E-state index contributed by atoms with van der Waals surface area (Å²) in [6.07, 6.45) is 3.90. The third-order valence-corrected chi connectivity index (χ3v) is 6.10. The molecule has 0 bridgehead atoms. The minimum Gasteiger partial charge on any atom is -0.496 e. The Labute approximate surface area is 175 Å². The first-order chi connectivity index (χ1) is 14.3. The molecule has 3 atom stereocenters. The van der Waals surface area contributed by atoms with Gasteiger partial charge in [-0.25, -0.2) is 9.97 Å². The predicted molar refractivity (Wildman–Crippen MR) is 113 cm³/mol. The van der Waals surface area contributed by atoms with Gasteiger partial charge in [0.25, 0.3) is 5.91 Å². The number of benzene rings is 1. The molecule has 8 heteroatoms. The lowest BCUT2D eigenvalue weighted by Crippen LogP contribution is -2.51. The maximum Gasteiger partial charge on any atom is 0.252 e. The summed E-state index contributed by atoms with van der Waals surface area (Å²) in [6.45, 7) is 5.62. The van der Waals surface area contributed by atoms with Gasteiger partial charge in [-0.05, 0) is 43.4 Å². The second kappa shape index (κ2) is 7.59. The van der Waals surface area contributed by atoms with E-state index >= 15 is 0 Å². The van der Waals surface area contributed by atoms with Gasteiger partial charge in [0.15, 0.2) is 0 Å². The lowest BCUT2D eigenvalue weighted by molar-refractivity contribution is -0.117. The number of carbonyl (C=O) groups excluding carboxylic acids is 2. The normalized spacial score (nSPS) is 22.9. The zero-order chi connectivity index (χ0) is 21.6. The van der Waals surface area contributed by atoms with Gasteiger partial charge in [0, 0.05) is 36.8 Å². The number of nitrogens with two attached hydrogens (primary N) is 1. The first-order valence-electron chi connectivity index (χ1n) is 10.2. The van der Waals surface area contributed by atoms with E-state index in [9.17, 15) is 9.59 Å². The van der Waals surface area contributed by atoms with E-state index in [0.717, 1.165) is 29.8 Å². The topological polar surface area (TPSA) is 110 Å². The number of rotatable bonds is 5. The van der Waals surface area contributed by atoms with Crippen LogP contribution in [0.5, 0.6) is 5.75 Å². The Balaban J connectivity index is 1.89. The zero-order valence-corrected chi connectivity index (χ0v) is 17.7. The summed E-state index contributed by atoms with van der Waals surface area (Å²) in [4.78, 5) is 35.5. The number of nitrogens with one attached hydrogen (secondary N) is 1. The molecule has 2 amide bonds. The number of fused-ring (bicyclic) bond motifs is 1. The van der Waals surface area contributed by atoms with E-state index in [1.807, 2.05) is 17.9 Å². The van der Waals surface area contributed by atoms with Crippen LogP contribution in [0.25, 0.3) is 0 Å². The van der Waals surface area contributed by atoms with Crippen molar-refractivity contribution in [1.82, 2.24) is 9.97 Å². The number of ether oxygens (including phenoxy) is 1. The van der Waals surface area contributed by atoms with Crippen LogP contribution in [0.2, 0.25) is 0 Å². The van der Waals surface area contributed by atoms with Crippen molar-refractivity contribution in [2.45, 2.75) is 45.7 Å². The quantitative estimate of drug-likeness (QED) is 0.786. The van der Waals surface area contributed by atoms with Gasteiger partial charge in [-0.2, -0.15) is 0 Å². The van der Waals surface area contributed by atoms with Crippen LogP contribution in [-0.2, 0) is 4.79 Å². The molecule has 1 aliphatic heterocycles. The van der Waals surface area contributed by atoms with Gasteiger partial charge in [0.2, 0.25) is 11.9 Å². The number of nitrogens with zero attached hydrogens (tertiary/aromatic N) is 3. The molecule has 0 radical (unpaired) electrons. The minimum atomic E-state index is -0.577. The Morgan fingerprint density at radius 1 is 1.30 bits per heavy atom. The molecule has 1 aromatic carbocycles. The van der Waals surface area contributed by atoms with Crippen LogP contribution in [0.1, 0.15) is 54.3 Å². The summed E-state index contributed by atoms with van der Waals surface area (Å²) < 4.78 is 5.42. The van der Waals surface area contributed by atoms with Crippen molar-refractivity contribution in [3.8, 4) is 5.75 Å². The number of amides is 2. The highest BCUT2D eigenvalue weighted by atomic mass is 16.5. The Kier molecular flexibility index (Phi) is 5.09. The summed E-state index contributed by atoms with van der Waals surface area (Å²) >= 11 is 0. The summed E-state index contributed by atoms with van der Waals surface area (Å²) in [7, 11) is 1.49. The van der Waals surface area contributed by atoms with Crippen molar-refractivity contribution >= 4 is 23.5 Å². The second-order valence-electron chi connectivity index (χ2n) is 8.20. The fraction of sp³-hybridized carbons (Fsp3) is 0.455. The standard InChI is InChI=1S/C22H27N5O3/c1-11-7-8-24-22(25-11)26-19-12(2)20(14-5-6-14)27(13(3)28)17-10-18(30-4)16(21(23)29)9-15(17)19/h7-10,12,14,19-20H,5-6H2,1-4H3,(H2,23,29)(H,24,25,26)/t12-,19-,20-/m1/s1. The maximum absolute atomic E-state index is 12.7. The average molecular weight is 409 g/mol. The van der Waals surface area contributed by atoms with Crippen LogP contribution in [0.15, 0.2) is 24.4 Å². The first-order valence-corrected chi connectivity index (χ1v) is 10.2. The van der Waals surface area contributed by atoms with Gasteiger partial charge in [-0.1, -0.05) is 6.92 Å². The highest BCUT2D eigenvalue weighted by Gasteiger charge is 2.48. The van der Waals surface area contributed by atoms with E-state index in [-0.39, 0.29) is 29.5 Å². The molecule has 2 aliphatic rings. The molecular formula is C22H27N5O3. The molecule has 1 fully saturated rings. The number of primary amides is 1. The van der Waals surface area contributed by atoms with Crippen LogP contribution in [0.4, 0.5) is 11.6 Å². The molecule has 30 heavy (non-hydrogen) atoms. The van der Waals surface area contributed by atoms with Gasteiger partial charge in [-0.3, -0.25) is 9.59 Å². The van der Waals surface area contributed by atoms with Crippen molar-refractivity contribution in [3.63, 3.8) is 0 Å². The average Bonchev–Trinajstić information content (AvgIpc) is 3.53. The molecule has 0 spiro atoms. The van der Waals surface area contributed by atoms with Gasteiger partial charge >= 0.3 is 0 Å². The number of anilines is 2. The van der Waals surface area contributed by atoms with Gasteiger partial charge in [0.05, 0.1) is 24.4 Å². The Morgan fingerprint density at radius 3 is 2.60 bits per heavy atom. The van der Waals surface area contributed by atoms with Crippen molar-refractivity contribution < 1.29 is 14.3 Å². The molecule has 1 saturated carbocycles. The molecule has 1 aliphatic carbocycles. The third-order valence-electron chi connectivity index (χ3n) is 6.10. The first kappa shape index (κ1) is 20.1. The summed E-state index contributed by atoms with van der Waals surface area (Å²) in [6, 6.07) is 5.18. The van der Waals surface area contributed by atoms with E-state index in [2.05, 4.69) is 22.2 Å². The molecule has 8 nitrogen and oxygen atoms in total. The minimum absolute atomic E-state index is 0.0286. The van der Waals surface area contributed by atoms with Crippen LogP contribution >= 0.6 is 0 Å². The molecule has 4 rings (SSSR count). The van der Waals surface area contributed by atoms with Gasteiger partial charge in [-0.15, -0.1) is 0 Å². The summed E-state index contributed by atoms with van der Waals surface area (Å²) in [5.74, 6) is 0.793. The Hall–Kier alpha value is -3.16. The lowest BCUT2D eigenvalue weighted by Gasteiger charge is -2.46. The highest BCUT2D eigenvalue weighted by Crippen LogP contribution is 2.51. The molecule has 158 valence electrons. The molecular weight excluding hydrogens is 382 g/mol. The monoisotopic (exact) mass is 409 g/mol. The maximum atomic E-state index is 12.7. The van der Waals surface area contributed by atoms with E-state index in [1.54, 1.807) is 25.3 Å². The number of aromatic nitrogens is 2. The molecule has 3 N–H and O–H groups in total. The second-order valence-corrected chi connectivity index (χ2v) is 8.20. The van der Waals surface area contributed by atoms with Crippen LogP contribution < -0.4 is 20.7 Å². The number of carbonyl (C=O) groups is 2. The molecule has 0 unspecified atom stereocenters. The predicted octanol–water partition coefficient (Wildman–Crippen LogP) is 2.83. The van der Waals surface area contributed by atoms with E-state index < -0.39 is 5.91 Å². The zero-order valence-electron chi connectivity index (χ0n) is 17.7. The fourth-order valence-electron chi connectivity index (χ4n) is 4.61. The van der Waals surface area contributed by atoms with Crippen molar-refractivity contribution in [3.05, 3.63) is 41.2 Å². The molecule has 2 heterocycles. The summed E-state index contributed by atoms with van der Waals surface area (Å²) in [5, 5.41) is 3.45. The van der Waals surface area contributed by atoms with E-state index in [1.165, 1.54) is 7.11 Å². The summed E-state index contributed by atoms with van der Waals surface area (Å²) in [5.41, 5.74) is 8.31. The van der Waals surface area contributed by atoms with Gasteiger partial charge in [0.1, 0.15) is 5.75 Å². The number of hydrogen-bond acceptors (Lipinski definition) is 6. The molecule has 0 saturated heterocycles. The number of aryl methyl sites for hydroxylation is 1. The van der Waals surface area contributed by atoms with Crippen LogP contribution in [-0.4, -0.2) is 34.9 Å². The lowest BCUT2D eigenvalue weighted by atomic mass is 9.79. The highest BCUT2D eigenvalue weighted by molar-refractivity contribution is 5.99. The fourth-order valence-corrected chi connectivity index (χ4v) is 4.61. The van der Waals surface area contributed by atoms with Gasteiger partial charge < -0.3 is 20.7 Å². The van der Waals surface area contributed by atoms with Crippen LogP contribution in [0.3, 0.4) is 0 Å². The molecule has 2 aromatic rings. The van der Waals surface area contributed by atoms with E-state index in [4.69, 9.17) is 10.5 Å².